The van der Waals surface area contributed by atoms with Crippen LogP contribution < -0.4 is 14.4 Å². The molecule has 0 N–H and O–H groups in total. The number of carbonyl (C=O) groups excluding carboxylic acids is 1. The molecule has 0 atom stereocenters. The van der Waals surface area contributed by atoms with Crippen LogP contribution in [0.5, 0.6) is 11.5 Å². The van der Waals surface area contributed by atoms with Crippen molar-refractivity contribution in [3.8, 4) is 11.5 Å². The normalized spacial score (nSPS) is 15.7. The third-order valence-electron chi connectivity index (χ3n) is 5.44. The number of aliphatic imine (C=N–C) groups is 1. The van der Waals surface area contributed by atoms with E-state index in [2.05, 4.69) is 22.9 Å². The molecule has 4 rings (SSSR count). The number of halogens is 1. The molecule has 3 aromatic rings. The van der Waals surface area contributed by atoms with Gasteiger partial charge in [-0.05, 0) is 103 Å². The first-order valence-electron chi connectivity index (χ1n) is 11.9. The number of aryl methyl sites for hydroxylation is 2. The third-order valence-corrected chi connectivity index (χ3v) is 7.00. The maximum Gasteiger partial charge on any atom is 0.271 e. The molecule has 0 aliphatic carbocycles. The molecule has 1 heterocycles. The Morgan fingerprint density at radius 3 is 2.28 bits per heavy atom. The predicted octanol–water partition coefficient (Wildman–Crippen LogP) is 8.06. The Bertz CT molecular complexity index is 1300. The van der Waals surface area contributed by atoms with E-state index in [0.29, 0.717) is 34.8 Å². The van der Waals surface area contributed by atoms with Crippen molar-refractivity contribution in [1.29, 1.82) is 0 Å². The smallest absolute Gasteiger partial charge is 0.271 e. The number of carbonyl (C=O) groups is 1. The van der Waals surface area contributed by atoms with Crippen LogP contribution >= 0.6 is 27.7 Å². The van der Waals surface area contributed by atoms with Gasteiger partial charge >= 0.3 is 0 Å². The molecule has 186 valence electrons. The van der Waals surface area contributed by atoms with E-state index in [0.717, 1.165) is 39.0 Å². The van der Waals surface area contributed by atoms with Crippen molar-refractivity contribution >= 4 is 56.2 Å². The lowest BCUT2D eigenvalue weighted by Crippen LogP contribution is -2.28. The second-order valence-electron chi connectivity index (χ2n) is 8.43. The van der Waals surface area contributed by atoms with Crippen LogP contribution in [-0.2, 0) is 4.79 Å². The van der Waals surface area contributed by atoms with Crippen LogP contribution in [0.3, 0.4) is 0 Å². The predicted molar refractivity (Wildman–Crippen MR) is 154 cm³/mol. The molecule has 0 saturated carbocycles. The number of amides is 1. The van der Waals surface area contributed by atoms with E-state index < -0.39 is 0 Å². The van der Waals surface area contributed by atoms with Crippen molar-refractivity contribution in [2.24, 2.45) is 4.99 Å². The summed E-state index contributed by atoms with van der Waals surface area (Å²) in [6.07, 6.45) is 2.77. The van der Waals surface area contributed by atoms with Crippen LogP contribution in [0, 0.1) is 13.8 Å². The minimum absolute atomic E-state index is 0.116. The van der Waals surface area contributed by atoms with Gasteiger partial charge in [0.25, 0.3) is 5.91 Å². The minimum atomic E-state index is -0.116. The lowest BCUT2D eigenvalue weighted by atomic mass is 10.1. The van der Waals surface area contributed by atoms with E-state index in [9.17, 15) is 4.79 Å². The number of nitrogens with zero attached hydrogens (tertiary/aromatic N) is 2. The molecule has 5 nitrogen and oxygen atoms in total. The molecular formula is C29H29BrN2O3S. The third kappa shape index (κ3) is 6.02. The van der Waals surface area contributed by atoms with Gasteiger partial charge in [0.15, 0.2) is 16.7 Å². The Morgan fingerprint density at radius 1 is 0.972 bits per heavy atom. The Kier molecular flexibility index (Phi) is 8.54. The highest BCUT2D eigenvalue weighted by atomic mass is 79.9. The molecule has 1 fully saturated rings. The summed E-state index contributed by atoms with van der Waals surface area (Å²) in [5.74, 6) is 1.20. The molecule has 7 heteroatoms. The number of rotatable bonds is 8. The number of thioether (sulfide) groups is 1. The SMILES string of the molecule is CCCOc1c(Br)cc(/C=C2\SC(=Nc3ccc(C)cc3)N(c3ccc(C)cc3)C2=O)cc1OCC. The van der Waals surface area contributed by atoms with E-state index in [1.54, 1.807) is 4.90 Å². The second-order valence-corrected chi connectivity index (χ2v) is 10.3. The first kappa shape index (κ1) is 26.0. The first-order valence-corrected chi connectivity index (χ1v) is 13.6. The van der Waals surface area contributed by atoms with Gasteiger partial charge in [0.05, 0.1) is 34.0 Å². The standard InChI is InChI=1S/C29H29BrN2O3S/c1-5-15-35-27-24(30)16-21(17-25(27)34-6-2)18-26-28(33)32(23-13-9-20(4)10-14-23)29(36-26)31-22-11-7-19(3)8-12-22/h7-14,16-18H,5-6,15H2,1-4H3/b26-18-,31-29?. The number of anilines is 1. The molecule has 0 radical (unpaired) electrons. The Morgan fingerprint density at radius 2 is 1.64 bits per heavy atom. The number of hydrogen-bond acceptors (Lipinski definition) is 5. The van der Waals surface area contributed by atoms with E-state index in [1.807, 2.05) is 87.5 Å². The maximum absolute atomic E-state index is 13.6. The molecule has 1 amide bonds. The summed E-state index contributed by atoms with van der Waals surface area (Å²) in [6, 6.07) is 19.7. The van der Waals surface area contributed by atoms with Crippen molar-refractivity contribution in [2.45, 2.75) is 34.1 Å². The van der Waals surface area contributed by atoms with Crippen molar-refractivity contribution in [2.75, 3.05) is 18.1 Å². The molecule has 36 heavy (non-hydrogen) atoms. The fraction of sp³-hybridized carbons (Fsp3) is 0.241. The van der Waals surface area contributed by atoms with Gasteiger partial charge in [-0.2, -0.15) is 0 Å². The summed E-state index contributed by atoms with van der Waals surface area (Å²) < 4.78 is 12.5. The summed E-state index contributed by atoms with van der Waals surface area (Å²) in [6.45, 7) is 9.17. The summed E-state index contributed by atoms with van der Waals surface area (Å²) in [7, 11) is 0. The maximum atomic E-state index is 13.6. The van der Waals surface area contributed by atoms with Crippen LogP contribution in [0.2, 0.25) is 0 Å². The van der Waals surface area contributed by atoms with Crippen molar-refractivity contribution in [3.05, 3.63) is 86.7 Å². The topological polar surface area (TPSA) is 51.1 Å². The van der Waals surface area contributed by atoms with E-state index in [1.165, 1.54) is 11.8 Å². The number of hydrogen-bond donors (Lipinski definition) is 0. The van der Waals surface area contributed by atoms with Crippen LogP contribution in [0.25, 0.3) is 6.08 Å². The molecule has 0 spiro atoms. The molecule has 0 aromatic heterocycles. The van der Waals surface area contributed by atoms with Gasteiger partial charge in [-0.1, -0.05) is 42.3 Å². The highest BCUT2D eigenvalue weighted by Crippen LogP contribution is 2.41. The largest absolute Gasteiger partial charge is 0.490 e. The zero-order chi connectivity index (χ0) is 25.7. The highest BCUT2D eigenvalue weighted by Gasteiger charge is 2.35. The number of benzene rings is 3. The van der Waals surface area contributed by atoms with E-state index >= 15 is 0 Å². The number of amidine groups is 1. The molecule has 3 aromatic carbocycles. The van der Waals surface area contributed by atoms with Gasteiger partial charge in [-0.3, -0.25) is 9.69 Å². The molecule has 0 bridgehead atoms. The quantitative estimate of drug-likeness (QED) is 0.259. The molecule has 1 saturated heterocycles. The number of ether oxygens (including phenoxy) is 2. The lowest BCUT2D eigenvalue weighted by Gasteiger charge is -2.16. The zero-order valence-electron chi connectivity index (χ0n) is 20.9. The van der Waals surface area contributed by atoms with Crippen LogP contribution in [0.1, 0.15) is 37.0 Å². The fourth-order valence-corrected chi connectivity index (χ4v) is 5.20. The Balaban J connectivity index is 1.75. The fourth-order valence-electron chi connectivity index (χ4n) is 3.63. The summed E-state index contributed by atoms with van der Waals surface area (Å²) in [4.78, 5) is 20.7. The molecule has 1 aliphatic heterocycles. The van der Waals surface area contributed by atoms with Gasteiger partial charge < -0.3 is 9.47 Å². The highest BCUT2D eigenvalue weighted by molar-refractivity contribution is 9.10. The monoisotopic (exact) mass is 564 g/mol. The second kappa shape index (κ2) is 11.8. The average Bonchev–Trinajstić information content (AvgIpc) is 3.15. The van der Waals surface area contributed by atoms with Crippen molar-refractivity contribution in [1.82, 2.24) is 0 Å². The average molecular weight is 566 g/mol. The van der Waals surface area contributed by atoms with Crippen LogP contribution in [-0.4, -0.2) is 24.3 Å². The minimum Gasteiger partial charge on any atom is -0.490 e. The van der Waals surface area contributed by atoms with E-state index in [-0.39, 0.29) is 5.91 Å². The Labute approximate surface area is 225 Å². The van der Waals surface area contributed by atoms with Crippen LogP contribution in [0.4, 0.5) is 11.4 Å². The van der Waals surface area contributed by atoms with Crippen LogP contribution in [0.15, 0.2) is 75.0 Å². The van der Waals surface area contributed by atoms with Gasteiger partial charge in [0.2, 0.25) is 0 Å². The van der Waals surface area contributed by atoms with Crippen molar-refractivity contribution < 1.29 is 14.3 Å². The summed E-state index contributed by atoms with van der Waals surface area (Å²) in [5, 5.41) is 0.617. The molecule has 1 aliphatic rings. The molecule has 0 unspecified atom stereocenters. The van der Waals surface area contributed by atoms with Gasteiger partial charge in [-0.25, -0.2) is 4.99 Å². The zero-order valence-corrected chi connectivity index (χ0v) is 23.3. The van der Waals surface area contributed by atoms with Gasteiger partial charge in [0, 0.05) is 0 Å². The summed E-state index contributed by atoms with van der Waals surface area (Å²) >= 11 is 4.98. The Hall–Kier alpha value is -3.03. The van der Waals surface area contributed by atoms with Gasteiger partial charge in [-0.15, -0.1) is 0 Å². The lowest BCUT2D eigenvalue weighted by molar-refractivity contribution is -0.113. The van der Waals surface area contributed by atoms with E-state index in [4.69, 9.17) is 14.5 Å². The van der Waals surface area contributed by atoms with Gasteiger partial charge in [0.1, 0.15) is 0 Å². The van der Waals surface area contributed by atoms with Crippen molar-refractivity contribution in [3.63, 3.8) is 0 Å². The molecular weight excluding hydrogens is 536 g/mol. The first-order chi connectivity index (χ1) is 17.4. The summed E-state index contributed by atoms with van der Waals surface area (Å²) in [5.41, 5.74) is 4.71.